The number of aliphatic hydroxyl groups excluding tert-OH is 1. The number of benzene rings is 2. The normalized spacial score (nSPS) is 13.8. The number of halogens is 5. The second-order valence-electron chi connectivity index (χ2n) is 11.7. The highest BCUT2D eigenvalue weighted by Gasteiger charge is 2.43. The van der Waals surface area contributed by atoms with Gasteiger partial charge in [0.25, 0.3) is 0 Å². The van der Waals surface area contributed by atoms with Crippen molar-refractivity contribution in [2.45, 2.75) is 95.8 Å². The van der Waals surface area contributed by atoms with Crippen LogP contribution in [0.15, 0.2) is 42.5 Å². The lowest BCUT2D eigenvalue weighted by molar-refractivity contribution is -0.286. The SMILES string of the molecule is CCCC(CCC)S(=O)(=O)CC(CC(=O)OOC(=O)C(F)(F)F)C(=O)N[C@@H](Cc1cc(F)cc(F)c1)[C@H](O)CNCc1cccc(CC)c1. The fraction of sp³-hybridized carbons (Fsp3) is 0.545. The number of rotatable bonds is 19. The summed E-state index contributed by atoms with van der Waals surface area (Å²) in [6.45, 7) is 5.65. The van der Waals surface area contributed by atoms with Gasteiger partial charge in [-0.2, -0.15) is 13.2 Å². The maximum absolute atomic E-state index is 14.0. The maximum Gasteiger partial charge on any atom is 0.495 e. The van der Waals surface area contributed by atoms with E-state index in [-0.39, 0.29) is 31.4 Å². The molecule has 0 saturated carbocycles. The number of carbonyl (C=O) groups excluding carboxylic acids is 3. The molecule has 16 heteroatoms. The van der Waals surface area contributed by atoms with E-state index in [0.717, 1.165) is 29.7 Å². The summed E-state index contributed by atoms with van der Waals surface area (Å²) in [7, 11) is -4.10. The summed E-state index contributed by atoms with van der Waals surface area (Å²) in [6, 6.07) is 8.90. The van der Waals surface area contributed by atoms with Crippen LogP contribution in [0.4, 0.5) is 22.0 Å². The largest absolute Gasteiger partial charge is 0.495 e. The quantitative estimate of drug-likeness (QED) is 0.107. The van der Waals surface area contributed by atoms with Crippen LogP contribution in [-0.2, 0) is 53.4 Å². The van der Waals surface area contributed by atoms with Crippen LogP contribution in [-0.4, -0.2) is 67.2 Å². The predicted octanol–water partition coefficient (Wildman–Crippen LogP) is 4.66. The molecule has 3 atom stereocenters. The maximum atomic E-state index is 14.0. The molecule has 1 unspecified atom stereocenters. The summed E-state index contributed by atoms with van der Waals surface area (Å²) in [5.41, 5.74) is 2.00. The zero-order valence-electron chi connectivity index (χ0n) is 27.5. The van der Waals surface area contributed by atoms with Crippen molar-refractivity contribution in [1.29, 1.82) is 0 Å². The third-order valence-electron chi connectivity index (χ3n) is 7.64. The van der Waals surface area contributed by atoms with Crippen molar-refractivity contribution in [2.75, 3.05) is 12.3 Å². The van der Waals surface area contributed by atoms with E-state index in [0.29, 0.717) is 25.5 Å². The van der Waals surface area contributed by atoms with Crippen LogP contribution in [0.5, 0.6) is 0 Å². The fourth-order valence-electron chi connectivity index (χ4n) is 5.19. The molecule has 0 heterocycles. The predicted molar refractivity (Wildman–Crippen MR) is 169 cm³/mol. The topological polar surface area (TPSA) is 148 Å². The smallest absolute Gasteiger partial charge is 0.390 e. The number of hydrogen-bond donors (Lipinski definition) is 3. The Morgan fingerprint density at radius 2 is 1.51 bits per heavy atom. The van der Waals surface area contributed by atoms with Gasteiger partial charge >= 0.3 is 18.1 Å². The standard InChI is InChI=1S/C33H43F5N2O8S/c1-4-8-27(9-5-2)49(45,46)20-24(16-30(42)47-48-32(44)33(36,37)38)31(43)40-28(15-23-13-25(34)17-26(35)14-23)29(41)19-39-18-22-11-7-10-21(6-3)12-22/h7,10-14,17,24,27-29,39,41H,4-6,8-9,15-16,18-20H2,1-3H3,(H,40,43)/t24?,28-,29+/m0/s1. The van der Waals surface area contributed by atoms with Gasteiger partial charge in [-0.1, -0.05) is 57.9 Å². The van der Waals surface area contributed by atoms with Crippen molar-refractivity contribution in [3.8, 4) is 0 Å². The highest BCUT2D eigenvalue weighted by Crippen LogP contribution is 2.22. The van der Waals surface area contributed by atoms with Gasteiger partial charge in [-0.05, 0) is 54.5 Å². The van der Waals surface area contributed by atoms with Crippen LogP contribution in [0, 0.1) is 17.6 Å². The van der Waals surface area contributed by atoms with Crippen LogP contribution in [0.1, 0.15) is 69.6 Å². The van der Waals surface area contributed by atoms with Crippen molar-refractivity contribution >= 4 is 27.7 Å². The van der Waals surface area contributed by atoms with Crippen molar-refractivity contribution in [2.24, 2.45) is 5.92 Å². The second-order valence-corrected chi connectivity index (χ2v) is 14.0. The highest BCUT2D eigenvalue weighted by atomic mass is 32.2. The molecule has 0 radical (unpaired) electrons. The van der Waals surface area contributed by atoms with Gasteiger partial charge in [0.1, 0.15) is 11.6 Å². The second kappa shape index (κ2) is 19.5. The molecule has 0 fully saturated rings. The lowest BCUT2D eigenvalue weighted by atomic mass is 9.98. The van der Waals surface area contributed by atoms with Gasteiger partial charge in [0.2, 0.25) is 5.91 Å². The van der Waals surface area contributed by atoms with E-state index in [1.807, 2.05) is 31.2 Å². The van der Waals surface area contributed by atoms with Gasteiger partial charge < -0.3 is 15.7 Å². The van der Waals surface area contributed by atoms with E-state index in [9.17, 15) is 49.9 Å². The first-order chi connectivity index (χ1) is 23.0. The first-order valence-corrected chi connectivity index (χ1v) is 17.6. The monoisotopic (exact) mass is 722 g/mol. The molecule has 2 rings (SSSR count). The zero-order valence-corrected chi connectivity index (χ0v) is 28.3. The van der Waals surface area contributed by atoms with Crippen LogP contribution in [0.2, 0.25) is 0 Å². The van der Waals surface area contributed by atoms with E-state index < -0.39 is 81.0 Å². The molecular weight excluding hydrogens is 679 g/mol. The van der Waals surface area contributed by atoms with Gasteiger partial charge in [0.15, 0.2) is 9.84 Å². The summed E-state index contributed by atoms with van der Waals surface area (Å²) in [5.74, 6) is -10.2. The van der Waals surface area contributed by atoms with Crippen molar-refractivity contribution in [3.63, 3.8) is 0 Å². The number of aryl methyl sites for hydroxylation is 1. The molecule has 10 nitrogen and oxygen atoms in total. The van der Waals surface area contributed by atoms with Crippen molar-refractivity contribution in [1.82, 2.24) is 10.6 Å². The molecular formula is C33H43F5N2O8S. The molecule has 0 bridgehead atoms. The molecule has 0 spiro atoms. The highest BCUT2D eigenvalue weighted by molar-refractivity contribution is 7.92. The third kappa shape index (κ3) is 14.4. The number of nitrogens with one attached hydrogen (secondary N) is 2. The summed E-state index contributed by atoms with van der Waals surface area (Å²) in [4.78, 5) is 44.5. The number of aliphatic hydroxyl groups is 1. The molecule has 0 aliphatic carbocycles. The molecule has 1 amide bonds. The van der Waals surface area contributed by atoms with E-state index >= 15 is 0 Å². The van der Waals surface area contributed by atoms with Gasteiger partial charge in [-0.15, -0.1) is 0 Å². The Morgan fingerprint density at radius 3 is 2.08 bits per heavy atom. The molecule has 2 aromatic rings. The van der Waals surface area contributed by atoms with Crippen molar-refractivity contribution < 1.29 is 59.6 Å². The summed E-state index contributed by atoms with van der Waals surface area (Å²) in [6.07, 6.45) is -6.17. The molecule has 274 valence electrons. The molecule has 49 heavy (non-hydrogen) atoms. The lowest BCUT2D eigenvalue weighted by Gasteiger charge is -2.27. The van der Waals surface area contributed by atoms with Gasteiger partial charge in [-0.25, -0.2) is 36.6 Å². The molecule has 0 aliphatic rings. The minimum atomic E-state index is -5.50. The molecule has 0 aliphatic heterocycles. The lowest BCUT2D eigenvalue weighted by Crippen LogP contribution is -2.51. The van der Waals surface area contributed by atoms with E-state index in [4.69, 9.17) is 0 Å². The fourth-order valence-corrected chi connectivity index (χ4v) is 7.48. The Labute approximate surface area is 282 Å². The summed E-state index contributed by atoms with van der Waals surface area (Å²) >= 11 is 0. The first-order valence-electron chi connectivity index (χ1n) is 15.9. The summed E-state index contributed by atoms with van der Waals surface area (Å²) in [5, 5.41) is 15.7. The number of hydrogen-bond acceptors (Lipinski definition) is 9. The van der Waals surface area contributed by atoms with Crippen LogP contribution in [0.25, 0.3) is 0 Å². The van der Waals surface area contributed by atoms with E-state index in [2.05, 4.69) is 20.4 Å². The molecule has 0 saturated heterocycles. The summed E-state index contributed by atoms with van der Waals surface area (Å²) < 4.78 is 92.5. The Hall–Kier alpha value is -3.63. The first kappa shape index (κ1) is 41.5. The Morgan fingerprint density at radius 1 is 0.898 bits per heavy atom. The van der Waals surface area contributed by atoms with Gasteiger partial charge in [0.05, 0.1) is 35.5 Å². The van der Waals surface area contributed by atoms with Crippen molar-refractivity contribution in [3.05, 3.63) is 70.8 Å². The minimum absolute atomic E-state index is 0.0334. The average Bonchev–Trinajstić information content (AvgIpc) is 3.01. The third-order valence-corrected chi connectivity index (χ3v) is 9.99. The van der Waals surface area contributed by atoms with Crippen LogP contribution in [0.3, 0.4) is 0 Å². The zero-order chi connectivity index (χ0) is 36.8. The Balaban J connectivity index is 2.36. The average molecular weight is 723 g/mol. The molecule has 2 aromatic carbocycles. The van der Waals surface area contributed by atoms with E-state index in [1.165, 1.54) is 0 Å². The van der Waals surface area contributed by atoms with Gasteiger partial charge in [-0.3, -0.25) is 4.79 Å². The molecule has 0 aromatic heterocycles. The Bertz CT molecular complexity index is 1480. The Kier molecular flexibility index (Phi) is 16.6. The number of alkyl halides is 3. The molecule has 3 N–H and O–H groups in total. The van der Waals surface area contributed by atoms with Crippen LogP contribution >= 0.6 is 0 Å². The number of amides is 1. The number of sulfone groups is 1. The minimum Gasteiger partial charge on any atom is -0.390 e. The van der Waals surface area contributed by atoms with Crippen LogP contribution < -0.4 is 10.6 Å². The van der Waals surface area contributed by atoms with E-state index in [1.54, 1.807) is 13.8 Å². The number of carbonyl (C=O) groups is 3. The van der Waals surface area contributed by atoms with Gasteiger partial charge in [0, 0.05) is 19.2 Å².